The summed E-state index contributed by atoms with van der Waals surface area (Å²) in [6.45, 7) is 5.55. The van der Waals surface area contributed by atoms with Crippen molar-refractivity contribution < 1.29 is 0 Å². The van der Waals surface area contributed by atoms with Crippen molar-refractivity contribution in [3.8, 4) is 0 Å². The number of hydrogen-bond acceptors (Lipinski definition) is 4. The first-order valence-electron chi connectivity index (χ1n) is 7.17. The average molecular weight is 287 g/mol. The van der Waals surface area contributed by atoms with Crippen molar-refractivity contribution in [2.45, 2.75) is 6.42 Å². The smallest absolute Gasteiger partial charge is 0.0600 e. The number of anilines is 2. The van der Waals surface area contributed by atoms with Crippen LogP contribution in [0.4, 0.5) is 11.4 Å². The van der Waals surface area contributed by atoms with Crippen LogP contribution in [-0.4, -0.2) is 37.6 Å². The molecule has 0 unspecified atom stereocenters. The van der Waals surface area contributed by atoms with E-state index in [1.807, 2.05) is 23.5 Å². The fourth-order valence-corrected chi connectivity index (χ4v) is 3.41. The normalized spacial score (nSPS) is 16.5. The van der Waals surface area contributed by atoms with Gasteiger partial charge in [0.1, 0.15) is 0 Å². The summed E-state index contributed by atoms with van der Waals surface area (Å²) in [7, 11) is 0. The van der Waals surface area contributed by atoms with Gasteiger partial charge >= 0.3 is 0 Å². The van der Waals surface area contributed by atoms with Gasteiger partial charge in [-0.05, 0) is 30.0 Å². The molecule has 0 spiro atoms. The van der Waals surface area contributed by atoms with Crippen LogP contribution in [0.1, 0.15) is 4.88 Å². The quantitative estimate of drug-likeness (QED) is 0.878. The Balaban J connectivity index is 1.51. The molecule has 0 radical (unpaired) electrons. The molecule has 106 valence electrons. The first kappa shape index (κ1) is 13.5. The van der Waals surface area contributed by atoms with Crippen LogP contribution in [0.5, 0.6) is 0 Å². The first-order valence-corrected chi connectivity index (χ1v) is 8.05. The van der Waals surface area contributed by atoms with Gasteiger partial charge in [-0.25, -0.2) is 0 Å². The summed E-state index contributed by atoms with van der Waals surface area (Å²) in [5.41, 5.74) is 8.13. The molecule has 20 heavy (non-hydrogen) atoms. The van der Waals surface area contributed by atoms with Crippen molar-refractivity contribution in [2.75, 3.05) is 43.4 Å². The van der Waals surface area contributed by atoms with Gasteiger partial charge in [-0.3, -0.25) is 4.90 Å². The molecule has 0 amide bonds. The molecular formula is C16H21N3S. The number of benzene rings is 1. The second-order valence-corrected chi connectivity index (χ2v) is 6.25. The average Bonchev–Trinajstić information content (AvgIpc) is 3.00. The predicted molar refractivity (Wildman–Crippen MR) is 87.5 cm³/mol. The van der Waals surface area contributed by atoms with Gasteiger partial charge in [0.25, 0.3) is 0 Å². The van der Waals surface area contributed by atoms with E-state index >= 15 is 0 Å². The van der Waals surface area contributed by atoms with Crippen LogP contribution in [0.3, 0.4) is 0 Å². The molecule has 1 saturated heterocycles. The number of nitrogens with zero attached hydrogens (tertiary/aromatic N) is 2. The third-order valence-corrected chi connectivity index (χ3v) is 4.84. The van der Waals surface area contributed by atoms with Crippen molar-refractivity contribution in [3.05, 3.63) is 46.7 Å². The summed E-state index contributed by atoms with van der Waals surface area (Å²) in [6.07, 6.45) is 1.17. The Hall–Kier alpha value is -1.52. The third-order valence-electron chi connectivity index (χ3n) is 3.90. The summed E-state index contributed by atoms with van der Waals surface area (Å²) in [5.74, 6) is 0. The molecule has 1 aliphatic rings. The lowest BCUT2D eigenvalue weighted by Gasteiger charge is -2.36. The summed E-state index contributed by atoms with van der Waals surface area (Å²) in [6, 6.07) is 12.5. The Kier molecular flexibility index (Phi) is 4.23. The van der Waals surface area contributed by atoms with Crippen LogP contribution in [-0.2, 0) is 6.42 Å². The van der Waals surface area contributed by atoms with E-state index in [0.717, 1.165) is 31.9 Å². The molecule has 2 heterocycles. The van der Waals surface area contributed by atoms with E-state index < -0.39 is 0 Å². The third kappa shape index (κ3) is 3.14. The fraction of sp³-hybridized carbons (Fsp3) is 0.375. The molecule has 1 aliphatic heterocycles. The molecule has 0 aliphatic carbocycles. The summed E-state index contributed by atoms with van der Waals surface area (Å²) >= 11 is 1.86. The van der Waals surface area contributed by atoms with E-state index in [4.69, 9.17) is 5.73 Å². The van der Waals surface area contributed by atoms with Crippen LogP contribution in [0.25, 0.3) is 0 Å². The van der Waals surface area contributed by atoms with Crippen LogP contribution < -0.4 is 10.6 Å². The minimum absolute atomic E-state index is 0.888. The molecule has 2 aromatic rings. The molecule has 2 N–H and O–H groups in total. The number of piperazine rings is 1. The molecule has 0 saturated carbocycles. The zero-order chi connectivity index (χ0) is 13.8. The lowest BCUT2D eigenvalue weighted by molar-refractivity contribution is 0.261. The van der Waals surface area contributed by atoms with Crippen LogP contribution >= 0.6 is 11.3 Å². The van der Waals surface area contributed by atoms with E-state index in [0.29, 0.717) is 0 Å². The highest BCUT2D eigenvalue weighted by Crippen LogP contribution is 2.23. The van der Waals surface area contributed by atoms with E-state index in [2.05, 4.69) is 39.4 Å². The van der Waals surface area contributed by atoms with E-state index in [9.17, 15) is 0 Å². The summed E-state index contributed by atoms with van der Waals surface area (Å²) < 4.78 is 0. The van der Waals surface area contributed by atoms with Crippen molar-refractivity contribution >= 4 is 22.7 Å². The lowest BCUT2D eigenvalue weighted by atomic mass is 10.2. The maximum atomic E-state index is 6.05. The summed E-state index contributed by atoms with van der Waals surface area (Å²) in [5, 5.41) is 2.16. The number of hydrogen-bond donors (Lipinski definition) is 1. The highest BCUT2D eigenvalue weighted by atomic mass is 32.1. The Morgan fingerprint density at radius 3 is 2.50 bits per heavy atom. The van der Waals surface area contributed by atoms with Crippen LogP contribution in [0.2, 0.25) is 0 Å². The van der Waals surface area contributed by atoms with Crippen molar-refractivity contribution in [3.63, 3.8) is 0 Å². The molecule has 0 atom stereocenters. The van der Waals surface area contributed by atoms with Crippen molar-refractivity contribution in [1.82, 2.24) is 4.90 Å². The zero-order valence-corrected chi connectivity index (χ0v) is 12.5. The Morgan fingerprint density at radius 2 is 1.80 bits per heavy atom. The number of nitrogens with two attached hydrogens (primary N) is 1. The molecule has 0 bridgehead atoms. The topological polar surface area (TPSA) is 32.5 Å². The Morgan fingerprint density at radius 1 is 1.00 bits per heavy atom. The minimum atomic E-state index is 0.888. The standard InChI is InChI=1S/C16H21N3S/c17-15-5-1-2-6-16(15)19-11-9-18(10-12-19)8-7-14-4-3-13-20-14/h1-6,13H,7-12,17H2. The molecule has 1 aromatic heterocycles. The number of para-hydroxylation sites is 2. The van der Waals surface area contributed by atoms with Gasteiger partial charge in [0.15, 0.2) is 0 Å². The van der Waals surface area contributed by atoms with Crippen LogP contribution in [0, 0.1) is 0 Å². The van der Waals surface area contributed by atoms with E-state index in [1.165, 1.54) is 23.5 Å². The molecule has 1 aromatic carbocycles. The second-order valence-electron chi connectivity index (χ2n) is 5.22. The van der Waals surface area contributed by atoms with E-state index in [1.54, 1.807) is 0 Å². The largest absolute Gasteiger partial charge is 0.397 e. The monoisotopic (exact) mass is 287 g/mol. The molecule has 1 fully saturated rings. The van der Waals surface area contributed by atoms with Gasteiger partial charge in [-0.2, -0.15) is 0 Å². The Bertz CT molecular complexity index is 530. The Labute approximate surface area is 124 Å². The maximum absolute atomic E-state index is 6.05. The minimum Gasteiger partial charge on any atom is -0.397 e. The number of nitrogen functional groups attached to an aromatic ring is 1. The van der Waals surface area contributed by atoms with Gasteiger partial charge in [-0.15, -0.1) is 11.3 Å². The fourth-order valence-electron chi connectivity index (χ4n) is 2.71. The van der Waals surface area contributed by atoms with Gasteiger partial charge in [0.2, 0.25) is 0 Å². The van der Waals surface area contributed by atoms with Gasteiger partial charge < -0.3 is 10.6 Å². The highest BCUT2D eigenvalue weighted by molar-refractivity contribution is 7.09. The number of rotatable bonds is 4. The van der Waals surface area contributed by atoms with Gasteiger partial charge in [0.05, 0.1) is 11.4 Å². The van der Waals surface area contributed by atoms with Gasteiger partial charge in [0, 0.05) is 37.6 Å². The maximum Gasteiger partial charge on any atom is 0.0600 e. The molecular weight excluding hydrogens is 266 g/mol. The first-order chi connectivity index (χ1) is 9.83. The molecule has 4 heteroatoms. The number of thiophene rings is 1. The zero-order valence-electron chi connectivity index (χ0n) is 11.7. The highest BCUT2D eigenvalue weighted by Gasteiger charge is 2.18. The van der Waals surface area contributed by atoms with E-state index in [-0.39, 0.29) is 0 Å². The summed E-state index contributed by atoms with van der Waals surface area (Å²) in [4.78, 5) is 6.44. The van der Waals surface area contributed by atoms with Crippen molar-refractivity contribution in [2.24, 2.45) is 0 Å². The molecule has 3 rings (SSSR count). The van der Waals surface area contributed by atoms with Crippen LogP contribution in [0.15, 0.2) is 41.8 Å². The molecule has 3 nitrogen and oxygen atoms in total. The second kappa shape index (κ2) is 6.29. The van der Waals surface area contributed by atoms with Gasteiger partial charge in [-0.1, -0.05) is 18.2 Å². The predicted octanol–water partition coefficient (Wildman–Crippen LogP) is 2.70. The lowest BCUT2D eigenvalue weighted by Crippen LogP contribution is -2.47. The SMILES string of the molecule is Nc1ccccc1N1CCN(CCc2cccs2)CC1. The van der Waals surface area contributed by atoms with Crippen molar-refractivity contribution in [1.29, 1.82) is 0 Å².